The fourth-order valence-corrected chi connectivity index (χ4v) is 1.34. The minimum atomic E-state index is -2.22. The van der Waals surface area contributed by atoms with Gasteiger partial charge in [-0.3, -0.25) is 9.13 Å². The number of hydrogen-bond donors (Lipinski definition) is 1. The van der Waals surface area contributed by atoms with E-state index in [2.05, 4.69) is 4.52 Å². The monoisotopic (exact) mass is 244 g/mol. The molecule has 0 bridgehead atoms. The van der Waals surface area contributed by atoms with Gasteiger partial charge in [-0.1, -0.05) is 13.8 Å². The molecule has 0 aliphatic carbocycles. The lowest BCUT2D eigenvalue weighted by molar-refractivity contribution is 0.404. The molecule has 0 saturated heterocycles. The van der Waals surface area contributed by atoms with Crippen LogP contribution in [-0.4, -0.2) is 31.0 Å². The molecule has 0 saturated carbocycles. The van der Waals surface area contributed by atoms with Crippen molar-refractivity contribution < 1.29 is 18.5 Å². The van der Waals surface area contributed by atoms with E-state index in [1.54, 1.807) is 13.3 Å². The second-order valence-corrected chi connectivity index (χ2v) is 7.65. The summed E-state index contributed by atoms with van der Waals surface area (Å²) in [7, 11) is -2.93. The minimum absolute atomic E-state index is 0.0556. The SMILES string of the molecule is CCC(CC)[PH](=O)O.COP(C)(C)=O. The molecule has 0 amide bonds. The maximum Gasteiger partial charge on any atom is 0.196 e. The third-order valence-corrected chi connectivity index (χ3v) is 4.17. The molecule has 6 heteroatoms. The second kappa shape index (κ2) is 8.67. The smallest absolute Gasteiger partial charge is 0.196 e. The van der Waals surface area contributed by atoms with Crippen LogP contribution in [0.25, 0.3) is 0 Å². The first kappa shape index (κ1) is 16.8. The lowest BCUT2D eigenvalue weighted by Gasteiger charge is -2.04. The van der Waals surface area contributed by atoms with Crippen LogP contribution in [0.2, 0.25) is 0 Å². The molecule has 0 heterocycles. The molecular formula is C8H22O4P2. The Kier molecular flexibility index (Phi) is 10.4. The van der Waals surface area contributed by atoms with Crippen LogP contribution in [-0.2, 0) is 13.7 Å². The Hall–Kier alpha value is 0.380. The summed E-state index contributed by atoms with van der Waals surface area (Å²) in [6, 6.07) is 0. The summed E-state index contributed by atoms with van der Waals surface area (Å²) in [5.41, 5.74) is 0.0556. The average Bonchev–Trinajstić information content (AvgIpc) is 2.06. The van der Waals surface area contributed by atoms with E-state index >= 15 is 0 Å². The predicted molar refractivity (Wildman–Crippen MR) is 62.1 cm³/mol. The molecule has 88 valence electrons. The second-order valence-electron chi connectivity index (χ2n) is 3.29. The van der Waals surface area contributed by atoms with E-state index in [0.717, 1.165) is 12.8 Å². The highest BCUT2D eigenvalue weighted by molar-refractivity contribution is 7.57. The molecule has 1 N–H and O–H groups in total. The number of hydrogen-bond acceptors (Lipinski definition) is 3. The minimum Gasteiger partial charge on any atom is -0.346 e. The van der Waals surface area contributed by atoms with Crippen molar-refractivity contribution in [3.05, 3.63) is 0 Å². The summed E-state index contributed by atoms with van der Waals surface area (Å²) < 4.78 is 25.2. The first-order valence-electron chi connectivity index (χ1n) is 4.61. The van der Waals surface area contributed by atoms with Gasteiger partial charge in [0.2, 0.25) is 0 Å². The van der Waals surface area contributed by atoms with Crippen LogP contribution in [0.5, 0.6) is 0 Å². The molecule has 0 aliphatic rings. The summed E-state index contributed by atoms with van der Waals surface area (Å²) in [5, 5.41) is 0. The third-order valence-electron chi connectivity index (χ3n) is 1.77. The standard InChI is InChI=1S/C5H13O2P.C3H9O2P/c1-3-5(4-2)8(6)7;1-5-6(2,3)4/h5,8H,3-4H2,1-2H3,(H,6,7);1-3H3. The fourth-order valence-electron chi connectivity index (χ4n) is 0.638. The van der Waals surface area contributed by atoms with Crippen LogP contribution in [0, 0.1) is 0 Å². The highest BCUT2D eigenvalue weighted by atomic mass is 31.2. The highest BCUT2D eigenvalue weighted by Gasteiger charge is 2.06. The van der Waals surface area contributed by atoms with E-state index in [1.165, 1.54) is 7.11 Å². The largest absolute Gasteiger partial charge is 0.346 e. The van der Waals surface area contributed by atoms with Crippen LogP contribution < -0.4 is 0 Å². The van der Waals surface area contributed by atoms with Gasteiger partial charge >= 0.3 is 0 Å². The summed E-state index contributed by atoms with van der Waals surface area (Å²) in [6.45, 7) is 7.03. The molecule has 14 heavy (non-hydrogen) atoms. The average molecular weight is 244 g/mol. The van der Waals surface area contributed by atoms with Gasteiger partial charge in [0.05, 0.1) is 0 Å². The van der Waals surface area contributed by atoms with E-state index in [-0.39, 0.29) is 5.66 Å². The number of rotatable bonds is 4. The zero-order chi connectivity index (χ0) is 11.8. The molecule has 0 aliphatic heterocycles. The molecule has 1 atom stereocenters. The van der Waals surface area contributed by atoms with Gasteiger partial charge < -0.3 is 9.42 Å². The summed E-state index contributed by atoms with van der Waals surface area (Å²) in [6.07, 6.45) is 1.65. The molecular weight excluding hydrogens is 222 g/mol. The van der Waals surface area contributed by atoms with Crippen molar-refractivity contribution in [2.24, 2.45) is 0 Å². The van der Waals surface area contributed by atoms with E-state index in [1.807, 2.05) is 13.8 Å². The molecule has 0 spiro atoms. The first-order valence-corrected chi connectivity index (χ1v) is 8.57. The first-order chi connectivity index (χ1) is 6.28. The van der Waals surface area contributed by atoms with Gasteiger partial charge in [-0.15, -0.1) is 0 Å². The van der Waals surface area contributed by atoms with Crippen LogP contribution in [0.15, 0.2) is 0 Å². The van der Waals surface area contributed by atoms with Crippen LogP contribution in [0.3, 0.4) is 0 Å². The maximum atomic E-state index is 10.4. The summed E-state index contributed by atoms with van der Waals surface area (Å²) in [4.78, 5) is 8.56. The van der Waals surface area contributed by atoms with Gasteiger partial charge in [-0.25, -0.2) is 0 Å². The molecule has 0 aromatic carbocycles. The van der Waals surface area contributed by atoms with Crippen LogP contribution in [0.4, 0.5) is 0 Å². The van der Waals surface area contributed by atoms with Crippen LogP contribution >= 0.6 is 15.4 Å². The molecule has 0 rings (SSSR count). The van der Waals surface area contributed by atoms with Gasteiger partial charge in [0.15, 0.2) is 15.4 Å². The van der Waals surface area contributed by atoms with Gasteiger partial charge in [0, 0.05) is 26.1 Å². The van der Waals surface area contributed by atoms with E-state index in [0.29, 0.717) is 0 Å². The molecule has 0 aromatic rings. The van der Waals surface area contributed by atoms with Crippen molar-refractivity contribution in [3.63, 3.8) is 0 Å². The van der Waals surface area contributed by atoms with Gasteiger partial charge in [-0.05, 0) is 12.8 Å². The Bertz CT molecular complexity index is 196. The normalized spacial score (nSPS) is 13.4. The van der Waals surface area contributed by atoms with Crippen molar-refractivity contribution in [1.29, 1.82) is 0 Å². The van der Waals surface area contributed by atoms with Crippen molar-refractivity contribution in [1.82, 2.24) is 0 Å². The Morgan fingerprint density at radius 1 is 1.36 bits per heavy atom. The zero-order valence-electron chi connectivity index (χ0n) is 9.61. The summed E-state index contributed by atoms with van der Waals surface area (Å²) >= 11 is 0. The van der Waals surface area contributed by atoms with Crippen molar-refractivity contribution in [2.75, 3.05) is 20.4 Å². The van der Waals surface area contributed by atoms with E-state index in [4.69, 9.17) is 4.89 Å². The van der Waals surface area contributed by atoms with Crippen molar-refractivity contribution in [2.45, 2.75) is 32.3 Å². The fraction of sp³-hybridized carbons (Fsp3) is 1.00. The third kappa shape index (κ3) is 12.4. The van der Waals surface area contributed by atoms with E-state index in [9.17, 15) is 9.13 Å². The van der Waals surface area contributed by atoms with E-state index < -0.39 is 15.4 Å². The molecule has 0 fully saturated rings. The molecule has 0 radical (unpaired) electrons. The predicted octanol–water partition coefficient (Wildman–Crippen LogP) is 2.81. The quantitative estimate of drug-likeness (QED) is 0.772. The van der Waals surface area contributed by atoms with Gasteiger partial charge in [-0.2, -0.15) is 0 Å². The zero-order valence-corrected chi connectivity index (χ0v) is 11.5. The molecule has 0 aromatic heterocycles. The molecule has 4 nitrogen and oxygen atoms in total. The Balaban J connectivity index is 0. The Labute approximate surface area is 87.4 Å². The van der Waals surface area contributed by atoms with Crippen molar-refractivity contribution >= 4 is 15.4 Å². The highest BCUT2D eigenvalue weighted by Crippen LogP contribution is 2.35. The molecule has 1 unspecified atom stereocenters. The van der Waals surface area contributed by atoms with Crippen molar-refractivity contribution in [3.8, 4) is 0 Å². The Morgan fingerprint density at radius 3 is 1.64 bits per heavy atom. The van der Waals surface area contributed by atoms with Gasteiger partial charge in [0.25, 0.3) is 0 Å². The lowest BCUT2D eigenvalue weighted by Crippen LogP contribution is -1.95. The lowest BCUT2D eigenvalue weighted by atomic mass is 10.3. The summed E-state index contributed by atoms with van der Waals surface area (Å²) in [5.74, 6) is 0. The topological polar surface area (TPSA) is 63.6 Å². The van der Waals surface area contributed by atoms with Gasteiger partial charge in [0.1, 0.15) is 0 Å². The Morgan fingerprint density at radius 2 is 1.64 bits per heavy atom. The maximum absolute atomic E-state index is 10.4. The van der Waals surface area contributed by atoms with Crippen LogP contribution in [0.1, 0.15) is 26.7 Å².